The Bertz CT molecular complexity index is 397. The molecular formula is C14H32N4O2S. The van der Waals surface area contributed by atoms with E-state index in [0.29, 0.717) is 31.1 Å². The Balaban J connectivity index is 4.38. The molecule has 0 radical (unpaired) electrons. The van der Waals surface area contributed by atoms with Crippen molar-refractivity contribution in [3.63, 3.8) is 0 Å². The molecule has 0 aromatic rings. The first kappa shape index (κ1) is 20.2. The van der Waals surface area contributed by atoms with Gasteiger partial charge in [-0.2, -0.15) is 0 Å². The largest absolute Gasteiger partial charge is 0.357 e. The maximum Gasteiger partial charge on any atom is 0.191 e. The molecule has 0 aromatic heterocycles. The Labute approximate surface area is 130 Å². The standard InChI is InChI=1S/C14H32N4O2S/c1-7-15-14(17-9-11-21(6,19)20)16-8-10-18(12(2)3)13(4)5/h12-13H,7-11H2,1-6H3,(H2,15,16,17). The predicted molar refractivity (Wildman–Crippen MR) is 90.7 cm³/mol. The summed E-state index contributed by atoms with van der Waals surface area (Å²) in [7, 11) is -2.94. The lowest BCUT2D eigenvalue weighted by atomic mass is 10.2. The smallest absolute Gasteiger partial charge is 0.191 e. The minimum absolute atomic E-state index is 0.113. The van der Waals surface area contributed by atoms with E-state index < -0.39 is 9.84 Å². The Hall–Kier alpha value is -0.820. The summed E-state index contributed by atoms with van der Waals surface area (Å²) >= 11 is 0. The lowest BCUT2D eigenvalue weighted by molar-refractivity contribution is 0.181. The van der Waals surface area contributed by atoms with Crippen molar-refractivity contribution >= 4 is 15.8 Å². The van der Waals surface area contributed by atoms with Crippen molar-refractivity contribution in [1.82, 2.24) is 15.5 Å². The lowest BCUT2D eigenvalue weighted by Gasteiger charge is -2.29. The van der Waals surface area contributed by atoms with E-state index >= 15 is 0 Å². The summed E-state index contributed by atoms with van der Waals surface area (Å²) < 4.78 is 22.2. The van der Waals surface area contributed by atoms with Crippen molar-refractivity contribution in [2.75, 3.05) is 38.2 Å². The first-order valence-electron chi connectivity index (χ1n) is 7.63. The van der Waals surface area contributed by atoms with Gasteiger partial charge in [0.05, 0.1) is 12.3 Å². The molecule has 0 atom stereocenters. The molecule has 0 aromatic carbocycles. The second-order valence-electron chi connectivity index (χ2n) is 5.74. The summed E-state index contributed by atoms with van der Waals surface area (Å²) in [6, 6.07) is 0.974. The second-order valence-corrected chi connectivity index (χ2v) is 8.00. The lowest BCUT2D eigenvalue weighted by Crippen LogP contribution is -2.41. The van der Waals surface area contributed by atoms with E-state index in [9.17, 15) is 8.42 Å². The van der Waals surface area contributed by atoms with Crippen LogP contribution in [0.2, 0.25) is 0 Å². The van der Waals surface area contributed by atoms with Crippen LogP contribution in [0.3, 0.4) is 0 Å². The highest BCUT2D eigenvalue weighted by atomic mass is 32.2. The van der Waals surface area contributed by atoms with Crippen molar-refractivity contribution in [3.05, 3.63) is 0 Å². The SMILES string of the molecule is CCNC(=NCCN(C(C)C)C(C)C)NCCS(C)(=O)=O. The third kappa shape index (κ3) is 10.5. The summed E-state index contributed by atoms with van der Waals surface area (Å²) in [5.41, 5.74) is 0. The van der Waals surface area contributed by atoms with Crippen molar-refractivity contribution in [3.8, 4) is 0 Å². The molecule has 0 saturated heterocycles. The van der Waals surface area contributed by atoms with Crippen LogP contribution < -0.4 is 10.6 Å². The molecule has 0 rings (SSSR count). The van der Waals surface area contributed by atoms with Gasteiger partial charge in [-0.25, -0.2) is 8.42 Å². The van der Waals surface area contributed by atoms with Gasteiger partial charge < -0.3 is 10.6 Å². The van der Waals surface area contributed by atoms with E-state index in [0.717, 1.165) is 13.1 Å². The van der Waals surface area contributed by atoms with Gasteiger partial charge in [0.1, 0.15) is 9.84 Å². The van der Waals surface area contributed by atoms with E-state index in [1.807, 2.05) is 6.92 Å². The van der Waals surface area contributed by atoms with E-state index in [2.05, 4.69) is 48.2 Å². The van der Waals surface area contributed by atoms with Gasteiger partial charge in [0, 0.05) is 38.0 Å². The topological polar surface area (TPSA) is 73.8 Å². The summed E-state index contributed by atoms with van der Waals surface area (Å²) in [6.45, 7) is 13.4. The number of nitrogens with one attached hydrogen (secondary N) is 2. The van der Waals surface area contributed by atoms with Crippen LogP contribution in [0.25, 0.3) is 0 Å². The zero-order valence-electron chi connectivity index (χ0n) is 14.3. The summed E-state index contributed by atoms with van der Waals surface area (Å²) in [5, 5.41) is 6.18. The molecule has 0 heterocycles. The number of nitrogens with zero attached hydrogens (tertiary/aromatic N) is 2. The minimum Gasteiger partial charge on any atom is -0.357 e. The first-order chi connectivity index (χ1) is 9.67. The fraction of sp³-hybridized carbons (Fsp3) is 0.929. The van der Waals surface area contributed by atoms with Gasteiger partial charge >= 0.3 is 0 Å². The van der Waals surface area contributed by atoms with Crippen LogP contribution in [-0.2, 0) is 9.84 Å². The van der Waals surface area contributed by atoms with Gasteiger partial charge in [0.25, 0.3) is 0 Å². The minimum atomic E-state index is -2.94. The van der Waals surface area contributed by atoms with Crippen LogP contribution in [0.5, 0.6) is 0 Å². The van der Waals surface area contributed by atoms with Gasteiger partial charge in [-0.1, -0.05) is 0 Å². The van der Waals surface area contributed by atoms with Crippen molar-refractivity contribution < 1.29 is 8.42 Å². The highest BCUT2D eigenvalue weighted by molar-refractivity contribution is 7.90. The first-order valence-corrected chi connectivity index (χ1v) is 9.69. The third-order valence-electron chi connectivity index (χ3n) is 3.06. The number of rotatable bonds is 9. The van der Waals surface area contributed by atoms with Gasteiger partial charge in [0.15, 0.2) is 5.96 Å². The normalized spacial score (nSPS) is 13.3. The monoisotopic (exact) mass is 320 g/mol. The van der Waals surface area contributed by atoms with Crippen LogP contribution in [0.1, 0.15) is 34.6 Å². The van der Waals surface area contributed by atoms with Gasteiger partial charge in [-0.3, -0.25) is 9.89 Å². The molecule has 2 N–H and O–H groups in total. The number of guanidine groups is 1. The zero-order valence-corrected chi connectivity index (χ0v) is 15.1. The molecule has 0 unspecified atom stereocenters. The Morgan fingerprint density at radius 3 is 2.14 bits per heavy atom. The zero-order chi connectivity index (χ0) is 16.5. The number of hydrogen-bond donors (Lipinski definition) is 2. The summed E-state index contributed by atoms with van der Waals surface area (Å²) in [6.07, 6.45) is 1.24. The van der Waals surface area contributed by atoms with E-state index in [4.69, 9.17) is 0 Å². The van der Waals surface area contributed by atoms with Crippen molar-refractivity contribution in [2.24, 2.45) is 4.99 Å². The molecule has 0 aliphatic carbocycles. The molecule has 0 amide bonds. The molecule has 0 fully saturated rings. The fourth-order valence-electron chi connectivity index (χ4n) is 2.09. The summed E-state index contributed by atoms with van der Waals surface area (Å²) in [4.78, 5) is 6.87. The van der Waals surface area contributed by atoms with E-state index in [1.54, 1.807) is 0 Å². The number of hydrogen-bond acceptors (Lipinski definition) is 4. The number of aliphatic imine (C=N–C) groups is 1. The van der Waals surface area contributed by atoms with Crippen LogP contribution >= 0.6 is 0 Å². The Morgan fingerprint density at radius 1 is 1.14 bits per heavy atom. The molecule has 0 aliphatic heterocycles. The highest BCUT2D eigenvalue weighted by Gasteiger charge is 2.12. The molecule has 21 heavy (non-hydrogen) atoms. The number of sulfone groups is 1. The molecule has 7 heteroatoms. The molecule has 6 nitrogen and oxygen atoms in total. The van der Waals surface area contributed by atoms with Gasteiger partial charge in [0.2, 0.25) is 0 Å². The van der Waals surface area contributed by atoms with Crippen LogP contribution in [0, 0.1) is 0 Å². The maximum absolute atomic E-state index is 11.1. The van der Waals surface area contributed by atoms with Crippen LogP contribution in [0.4, 0.5) is 0 Å². The second kappa shape index (κ2) is 10.00. The fourth-order valence-corrected chi connectivity index (χ4v) is 2.56. The van der Waals surface area contributed by atoms with Gasteiger partial charge in [-0.05, 0) is 34.6 Å². The van der Waals surface area contributed by atoms with Crippen LogP contribution in [-0.4, -0.2) is 69.5 Å². The molecule has 0 saturated carbocycles. The Kier molecular flexibility index (Phi) is 9.61. The van der Waals surface area contributed by atoms with Crippen molar-refractivity contribution in [1.29, 1.82) is 0 Å². The molecule has 0 bridgehead atoms. The average molecular weight is 321 g/mol. The van der Waals surface area contributed by atoms with Crippen molar-refractivity contribution in [2.45, 2.75) is 46.7 Å². The maximum atomic E-state index is 11.1. The van der Waals surface area contributed by atoms with E-state index in [1.165, 1.54) is 6.26 Å². The Morgan fingerprint density at radius 2 is 1.71 bits per heavy atom. The van der Waals surface area contributed by atoms with E-state index in [-0.39, 0.29) is 5.75 Å². The predicted octanol–water partition coefficient (Wildman–Crippen LogP) is 0.705. The highest BCUT2D eigenvalue weighted by Crippen LogP contribution is 2.03. The summed E-state index contributed by atoms with van der Waals surface area (Å²) in [5.74, 6) is 0.787. The molecule has 0 spiro atoms. The molecule has 126 valence electrons. The molecule has 0 aliphatic rings. The van der Waals surface area contributed by atoms with Gasteiger partial charge in [-0.15, -0.1) is 0 Å². The quantitative estimate of drug-likeness (QED) is 0.483. The average Bonchev–Trinajstić information content (AvgIpc) is 2.31. The van der Waals surface area contributed by atoms with Crippen LogP contribution in [0.15, 0.2) is 4.99 Å². The molecular weight excluding hydrogens is 288 g/mol. The third-order valence-corrected chi connectivity index (χ3v) is 4.01.